The lowest BCUT2D eigenvalue weighted by molar-refractivity contribution is 0.0536. The largest absolute Gasteiger partial charge is 0.491 e. The van der Waals surface area contributed by atoms with Crippen LogP contribution < -0.4 is 4.74 Å². The first-order valence-electron chi connectivity index (χ1n) is 4.82. The van der Waals surface area contributed by atoms with Gasteiger partial charge >= 0.3 is 0 Å². The van der Waals surface area contributed by atoms with Crippen LogP contribution in [0, 0.1) is 5.41 Å². The summed E-state index contributed by atoms with van der Waals surface area (Å²) >= 11 is 0. The van der Waals surface area contributed by atoms with Gasteiger partial charge in [0.15, 0.2) is 0 Å². The van der Waals surface area contributed by atoms with Crippen LogP contribution in [0.25, 0.3) is 0 Å². The Kier molecular flexibility index (Phi) is 7.29. The minimum Gasteiger partial charge on any atom is -0.491 e. The van der Waals surface area contributed by atoms with Crippen LogP contribution in [0.1, 0.15) is 5.56 Å². The number of aliphatic hydroxyl groups excluding tert-OH is 2. The standard InChI is InChI=1S/C11H15NO4.ClH/c1-15-11(12)8-2-4-10(5-3-8)16-7-9(14)6-13;/h2-5,9,12-14H,6-7H2,1H3;1H. The Hall–Kier alpha value is -1.30. The van der Waals surface area contributed by atoms with Crippen molar-refractivity contribution in [3.63, 3.8) is 0 Å². The first-order chi connectivity index (χ1) is 7.67. The molecule has 0 saturated carbocycles. The molecule has 6 heteroatoms. The quantitative estimate of drug-likeness (QED) is 0.541. The number of methoxy groups -OCH3 is 1. The average Bonchev–Trinajstić information content (AvgIpc) is 2.35. The molecule has 17 heavy (non-hydrogen) atoms. The second-order valence-electron chi connectivity index (χ2n) is 3.21. The van der Waals surface area contributed by atoms with Crippen molar-refractivity contribution < 1.29 is 19.7 Å². The van der Waals surface area contributed by atoms with Crippen molar-refractivity contribution in [1.82, 2.24) is 0 Å². The smallest absolute Gasteiger partial charge is 0.212 e. The molecule has 0 radical (unpaired) electrons. The molecule has 0 aliphatic rings. The molecule has 0 spiro atoms. The second kappa shape index (κ2) is 7.89. The molecule has 0 amide bonds. The maximum Gasteiger partial charge on any atom is 0.212 e. The van der Waals surface area contributed by atoms with E-state index in [0.717, 1.165) is 0 Å². The van der Waals surface area contributed by atoms with E-state index in [1.54, 1.807) is 24.3 Å². The summed E-state index contributed by atoms with van der Waals surface area (Å²) in [7, 11) is 1.43. The summed E-state index contributed by atoms with van der Waals surface area (Å²) in [5.41, 5.74) is 0.651. The fourth-order valence-electron chi connectivity index (χ4n) is 1.07. The van der Waals surface area contributed by atoms with Gasteiger partial charge in [-0.1, -0.05) is 0 Å². The van der Waals surface area contributed by atoms with Gasteiger partial charge in [-0.25, -0.2) is 0 Å². The molecular weight excluding hydrogens is 246 g/mol. The number of ether oxygens (including phenoxy) is 2. The number of halogens is 1. The molecule has 96 valence electrons. The van der Waals surface area contributed by atoms with E-state index in [0.29, 0.717) is 11.3 Å². The van der Waals surface area contributed by atoms with E-state index in [-0.39, 0.29) is 31.5 Å². The maximum absolute atomic E-state index is 9.07. The number of nitrogens with one attached hydrogen (secondary N) is 1. The van der Waals surface area contributed by atoms with Gasteiger partial charge in [-0.3, -0.25) is 5.41 Å². The molecule has 0 heterocycles. The van der Waals surface area contributed by atoms with Crippen molar-refractivity contribution in [2.75, 3.05) is 20.3 Å². The highest BCUT2D eigenvalue weighted by Crippen LogP contribution is 2.12. The normalized spacial score (nSPS) is 11.2. The molecule has 1 atom stereocenters. The molecule has 3 N–H and O–H groups in total. The van der Waals surface area contributed by atoms with Crippen LogP contribution in [0.5, 0.6) is 5.75 Å². The minimum atomic E-state index is -0.878. The van der Waals surface area contributed by atoms with E-state index in [1.165, 1.54) is 7.11 Å². The zero-order valence-corrected chi connectivity index (χ0v) is 10.2. The first kappa shape index (κ1) is 15.7. The summed E-state index contributed by atoms with van der Waals surface area (Å²) in [5.74, 6) is 0.655. The lowest BCUT2D eigenvalue weighted by Gasteiger charge is -2.10. The Bertz CT molecular complexity index is 342. The van der Waals surface area contributed by atoms with Gasteiger partial charge < -0.3 is 19.7 Å². The molecule has 1 unspecified atom stereocenters. The molecule has 0 bridgehead atoms. The summed E-state index contributed by atoms with van der Waals surface area (Å²) in [5, 5.41) is 25.1. The summed E-state index contributed by atoms with van der Waals surface area (Å²) in [4.78, 5) is 0. The highest BCUT2D eigenvalue weighted by atomic mass is 35.5. The van der Waals surface area contributed by atoms with Gasteiger partial charge in [-0.05, 0) is 24.3 Å². The highest BCUT2D eigenvalue weighted by Gasteiger charge is 2.04. The molecule has 0 aliphatic heterocycles. The van der Waals surface area contributed by atoms with Gasteiger partial charge in [-0.15, -0.1) is 12.4 Å². The molecule has 5 nitrogen and oxygen atoms in total. The Balaban J connectivity index is 0.00000256. The van der Waals surface area contributed by atoms with Crippen molar-refractivity contribution in [1.29, 1.82) is 5.41 Å². The summed E-state index contributed by atoms with van der Waals surface area (Å²) < 4.78 is 9.97. The third kappa shape index (κ3) is 5.04. The van der Waals surface area contributed by atoms with E-state index in [4.69, 9.17) is 25.1 Å². The zero-order chi connectivity index (χ0) is 12.0. The number of benzene rings is 1. The van der Waals surface area contributed by atoms with Crippen LogP contribution in [0.2, 0.25) is 0 Å². The maximum atomic E-state index is 9.07. The minimum absolute atomic E-state index is 0. The Labute approximate surface area is 106 Å². The van der Waals surface area contributed by atoms with E-state index < -0.39 is 6.10 Å². The van der Waals surface area contributed by atoms with Gasteiger partial charge in [0.05, 0.1) is 13.7 Å². The summed E-state index contributed by atoms with van der Waals surface area (Å²) in [6, 6.07) is 6.72. The SMILES string of the molecule is COC(=N)c1ccc(OCC(O)CO)cc1.Cl. The third-order valence-corrected chi connectivity index (χ3v) is 1.97. The van der Waals surface area contributed by atoms with Crippen molar-refractivity contribution in [2.45, 2.75) is 6.10 Å². The fraction of sp³-hybridized carbons (Fsp3) is 0.364. The number of aliphatic hydroxyl groups is 2. The van der Waals surface area contributed by atoms with Gasteiger partial charge in [-0.2, -0.15) is 0 Å². The van der Waals surface area contributed by atoms with Gasteiger partial charge in [0, 0.05) is 5.56 Å². The van der Waals surface area contributed by atoms with Crippen LogP contribution in [-0.4, -0.2) is 42.5 Å². The molecule has 0 saturated heterocycles. The van der Waals surface area contributed by atoms with Crippen molar-refractivity contribution >= 4 is 18.3 Å². The predicted octanol–water partition coefficient (Wildman–Crippen LogP) is 0.812. The second-order valence-corrected chi connectivity index (χ2v) is 3.21. The number of rotatable bonds is 5. The Morgan fingerprint density at radius 2 is 1.94 bits per heavy atom. The number of hydrogen-bond acceptors (Lipinski definition) is 5. The van der Waals surface area contributed by atoms with Crippen molar-refractivity contribution in [2.24, 2.45) is 0 Å². The third-order valence-electron chi connectivity index (χ3n) is 1.97. The van der Waals surface area contributed by atoms with E-state index in [9.17, 15) is 0 Å². The molecule has 0 fully saturated rings. The topological polar surface area (TPSA) is 82.8 Å². The van der Waals surface area contributed by atoms with Crippen LogP contribution in [0.15, 0.2) is 24.3 Å². The highest BCUT2D eigenvalue weighted by molar-refractivity contribution is 5.91. The molecular formula is C11H16ClNO4. The average molecular weight is 262 g/mol. The summed E-state index contributed by atoms with van der Waals surface area (Å²) in [6.07, 6.45) is -0.878. The van der Waals surface area contributed by atoms with Crippen LogP contribution in [0.3, 0.4) is 0 Å². The van der Waals surface area contributed by atoms with Gasteiger partial charge in [0.25, 0.3) is 0 Å². The first-order valence-corrected chi connectivity index (χ1v) is 4.82. The lowest BCUT2D eigenvalue weighted by atomic mass is 10.2. The molecule has 1 aromatic rings. The monoisotopic (exact) mass is 261 g/mol. The molecule has 1 rings (SSSR count). The van der Waals surface area contributed by atoms with Crippen LogP contribution in [0.4, 0.5) is 0 Å². The molecule has 1 aromatic carbocycles. The van der Waals surface area contributed by atoms with Crippen LogP contribution >= 0.6 is 12.4 Å². The fourth-order valence-corrected chi connectivity index (χ4v) is 1.07. The Morgan fingerprint density at radius 3 is 2.41 bits per heavy atom. The zero-order valence-electron chi connectivity index (χ0n) is 9.42. The van der Waals surface area contributed by atoms with Gasteiger partial charge in [0.2, 0.25) is 5.90 Å². The molecule has 0 aromatic heterocycles. The van der Waals surface area contributed by atoms with E-state index in [2.05, 4.69) is 0 Å². The number of hydrogen-bond donors (Lipinski definition) is 3. The predicted molar refractivity (Wildman–Crippen MR) is 66.1 cm³/mol. The van der Waals surface area contributed by atoms with Crippen molar-refractivity contribution in [3.05, 3.63) is 29.8 Å². The Morgan fingerprint density at radius 1 is 1.35 bits per heavy atom. The van der Waals surface area contributed by atoms with E-state index >= 15 is 0 Å². The van der Waals surface area contributed by atoms with E-state index in [1.807, 2.05) is 0 Å². The van der Waals surface area contributed by atoms with Gasteiger partial charge in [0.1, 0.15) is 18.5 Å². The summed E-state index contributed by atoms with van der Waals surface area (Å²) in [6.45, 7) is -0.288. The van der Waals surface area contributed by atoms with Crippen LogP contribution in [-0.2, 0) is 4.74 Å². The lowest BCUT2D eigenvalue weighted by Crippen LogP contribution is -2.21. The van der Waals surface area contributed by atoms with Crippen molar-refractivity contribution in [3.8, 4) is 5.75 Å². The molecule has 0 aliphatic carbocycles.